The maximum Gasteiger partial charge on any atom is 0.281 e. The van der Waals surface area contributed by atoms with Gasteiger partial charge in [0.2, 0.25) is 0 Å². The molecule has 3 aromatic carbocycles. The maximum absolute atomic E-state index is 12.6. The van der Waals surface area contributed by atoms with Crippen LogP contribution in [0.5, 0.6) is 0 Å². The van der Waals surface area contributed by atoms with Crippen LogP contribution in [0.4, 0.5) is 0 Å². The van der Waals surface area contributed by atoms with E-state index in [-0.39, 0.29) is 33.0 Å². The molecule has 10 heteroatoms. The molecule has 1 fully saturated rings. The van der Waals surface area contributed by atoms with Gasteiger partial charge in [0, 0.05) is 0 Å². The van der Waals surface area contributed by atoms with Gasteiger partial charge in [-0.3, -0.25) is 4.18 Å². The molecular weight excluding hydrogens is 544 g/mol. The van der Waals surface area contributed by atoms with Crippen molar-refractivity contribution in [1.29, 1.82) is 0 Å². The Bertz CT molecular complexity index is 1210. The summed E-state index contributed by atoms with van der Waals surface area (Å²) in [5.41, 5.74) is 2.71. The van der Waals surface area contributed by atoms with Crippen molar-refractivity contribution >= 4 is 21.7 Å². The van der Waals surface area contributed by atoms with Gasteiger partial charge in [-0.25, -0.2) is 0 Å². The highest BCUT2D eigenvalue weighted by atomic mass is 35.5. The van der Waals surface area contributed by atoms with Gasteiger partial charge in [0.15, 0.2) is 0 Å². The normalized spacial score (nSPS) is 19.3. The second-order valence-corrected chi connectivity index (χ2v) is 11.3. The molecule has 0 aromatic heterocycles. The summed E-state index contributed by atoms with van der Waals surface area (Å²) in [6, 6.07) is 28.5. The Hall–Kier alpha value is -2.34. The minimum Gasteiger partial charge on any atom is -0.394 e. The first kappa shape index (κ1) is 29.6. The lowest BCUT2D eigenvalue weighted by atomic mass is 10.0. The third kappa shape index (κ3) is 9.37. The molecule has 0 aliphatic carbocycles. The van der Waals surface area contributed by atoms with Crippen molar-refractivity contribution in [3.63, 3.8) is 0 Å². The predicted octanol–water partition coefficient (Wildman–Crippen LogP) is 4.05. The molecule has 1 heterocycles. The van der Waals surface area contributed by atoms with Crippen LogP contribution in [0.1, 0.15) is 16.7 Å². The molecule has 39 heavy (non-hydrogen) atoms. The van der Waals surface area contributed by atoms with E-state index in [9.17, 15) is 13.5 Å². The molecule has 0 spiro atoms. The van der Waals surface area contributed by atoms with E-state index in [0.717, 1.165) is 16.7 Å². The Kier molecular flexibility index (Phi) is 11.3. The van der Waals surface area contributed by atoms with Crippen LogP contribution in [-0.2, 0) is 53.1 Å². The Morgan fingerprint density at radius 1 is 0.795 bits per heavy atom. The zero-order valence-corrected chi connectivity index (χ0v) is 23.0. The topological polar surface area (TPSA) is 104 Å². The molecule has 0 bridgehead atoms. The minimum atomic E-state index is -4.11. The van der Waals surface area contributed by atoms with Crippen LogP contribution in [-0.4, -0.2) is 62.5 Å². The standard InChI is InChI=1S/C29H33ClO8S/c30-21-39(32,33)38-26(20-34-17-22-10-4-1-5-11-22)27(35-18-23-12-6-2-7-13-23)29(28-25(16-31)37-28)36-19-24-14-8-3-9-15-24/h1-15,25-29,31H,16-21H2/t25-,26-,27-,28+,29-/m0/s1. The first-order valence-electron chi connectivity index (χ1n) is 12.6. The van der Waals surface area contributed by atoms with Crippen molar-refractivity contribution in [3.8, 4) is 0 Å². The van der Waals surface area contributed by atoms with Crippen LogP contribution in [0.25, 0.3) is 0 Å². The van der Waals surface area contributed by atoms with Gasteiger partial charge in [0.25, 0.3) is 10.1 Å². The highest BCUT2D eigenvalue weighted by Crippen LogP contribution is 2.33. The molecule has 1 N–H and O–H groups in total. The highest BCUT2D eigenvalue weighted by Gasteiger charge is 2.51. The van der Waals surface area contributed by atoms with Gasteiger partial charge in [-0.1, -0.05) is 91.0 Å². The Balaban J connectivity index is 1.60. The lowest BCUT2D eigenvalue weighted by Gasteiger charge is -2.32. The fourth-order valence-corrected chi connectivity index (χ4v) is 4.92. The van der Waals surface area contributed by atoms with E-state index in [4.69, 9.17) is 34.7 Å². The number of aliphatic hydroxyl groups is 1. The highest BCUT2D eigenvalue weighted by molar-refractivity contribution is 7.87. The van der Waals surface area contributed by atoms with Crippen molar-refractivity contribution in [2.75, 3.05) is 18.4 Å². The van der Waals surface area contributed by atoms with Crippen molar-refractivity contribution in [1.82, 2.24) is 0 Å². The number of halogens is 1. The number of benzene rings is 3. The number of ether oxygens (including phenoxy) is 4. The van der Waals surface area contributed by atoms with Gasteiger partial charge in [-0.2, -0.15) is 8.42 Å². The maximum atomic E-state index is 12.6. The van der Waals surface area contributed by atoms with Crippen molar-refractivity contribution in [2.24, 2.45) is 0 Å². The van der Waals surface area contributed by atoms with Gasteiger partial charge in [-0.15, -0.1) is 11.6 Å². The van der Waals surface area contributed by atoms with Crippen molar-refractivity contribution < 1.29 is 36.7 Å². The zero-order valence-electron chi connectivity index (χ0n) is 21.4. The fraction of sp³-hybridized carbons (Fsp3) is 0.379. The summed E-state index contributed by atoms with van der Waals surface area (Å²) < 4.78 is 54.9. The molecule has 3 aromatic rings. The van der Waals surface area contributed by atoms with Crippen LogP contribution in [0, 0.1) is 0 Å². The molecule has 0 amide bonds. The quantitative estimate of drug-likeness (QED) is 0.146. The molecule has 210 valence electrons. The molecule has 1 saturated heterocycles. The number of epoxide rings is 1. The zero-order chi connectivity index (χ0) is 27.5. The summed E-state index contributed by atoms with van der Waals surface area (Å²) in [6.45, 7) is 0.284. The van der Waals surface area contributed by atoms with Crippen LogP contribution >= 0.6 is 11.6 Å². The monoisotopic (exact) mass is 576 g/mol. The average Bonchev–Trinajstić information content (AvgIpc) is 3.75. The summed E-state index contributed by atoms with van der Waals surface area (Å²) in [4.78, 5) is 0. The van der Waals surface area contributed by atoms with E-state index >= 15 is 0 Å². The molecule has 8 nitrogen and oxygen atoms in total. The van der Waals surface area contributed by atoms with Gasteiger partial charge < -0.3 is 24.1 Å². The summed E-state index contributed by atoms with van der Waals surface area (Å²) >= 11 is 5.70. The lowest BCUT2D eigenvalue weighted by molar-refractivity contribution is -0.145. The van der Waals surface area contributed by atoms with Gasteiger partial charge >= 0.3 is 0 Å². The molecular formula is C29H33ClO8S. The van der Waals surface area contributed by atoms with Crippen LogP contribution in [0.3, 0.4) is 0 Å². The summed E-state index contributed by atoms with van der Waals surface area (Å²) in [5.74, 6) is 0. The molecule has 1 aliphatic heterocycles. The SMILES string of the molecule is O=S(=O)(CCl)O[C@@H](COCc1ccccc1)[C@H](OCc1ccccc1)[C@H](OCc1ccccc1)[C@@H]1O[C@H]1CO. The van der Waals surface area contributed by atoms with E-state index in [2.05, 4.69) is 0 Å². The predicted molar refractivity (Wildman–Crippen MR) is 146 cm³/mol. The van der Waals surface area contributed by atoms with E-state index < -0.39 is 45.8 Å². The molecule has 0 radical (unpaired) electrons. The van der Waals surface area contributed by atoms with Crippen LogP contribution in [0.2, 0.25) is 0 Å². The van der Waals surface area contributed by atoms with Gasteiger partial charge in [-0.05, 0) is 16.7 Å². The first-order valence-corrected chi connectivity index (χ1v) is 14.8. The van der Waals surface area contributed by atoms with Crippen LogP contribution in [0.15, 0.2) is 91.0 Å². The Labute approximate surface area is 234 Å². The van der Waals surface area contributed by atoms with E-state index in [1.54, 1.807) is 0 Å². The Morgan fingerprint density at radius 2 is 1.31 bits per heavy atom. The van der Waals surface area contributed by atoms with Crippen LogP contribution < -0.4 is 0 Å². The number of alkyl halides is 1. The molecule has 4 rings (SSSR count). The summed E-state index contributed by atoms with van der Waals surface area (Å²) in [6.07, 6.45) is -3.82. The third-order valence-electron chi connectivity index (χ3n) is 6.18. The number of hydrogen-bond donors (Lipinski definition) is 1. The molecule has 0 unspecified atom stereocenters. The van der Waals surface area contributed by atoms with E-state index in [0.29, 0.717) is 0 Å². The van der Waals surface area contributed by atoms with E-state index in [1.807, 2.05) is 91.0 Å². The number of hydrogen-bond acceptors (Lipinski definition) is 8. The summed E-state index contributed by atoms with van der Waals surface area (Å²) in [5, 5.41) is 9.01. The molecule has 0 saturated carbocycles. The molecule has 1 aliphatic rings. The van der Waals surface area contributed by atoms with E-state index in [1.165, 1.54) is 0 Å². The smallest absolute Gasteiger partial charge is 0.281 e. The summed E-state index contributed by atoms with van der Waals surface area (Å²) in [7, 11) is -4.11. The first-order chi connectivity index (χ1) is 19.0. The Morgan fingerprint density at radius 3 is 1.79 bits per heavy atom. The number of rotatable bonds is 17. The van der Waals surface area contributed by atoms with Crippen molar-refractivity contribution in [3.05, 3.63) is 108 Å². The third-order valence-corrected chi connectivity index (χ3v) is 7.79. The largest absolute Gasteiger partial charge is 0.394 e. The average molecular weight is 577 g/mol. The number of aliphatic hydroxyl groups excluding tert-OH is 1. The fourth-order valence-electron chi connectivity index (χ4n) is 4.17. The lowest BCUT2D eigenvalue weighted by Crippen LogP contribution is -2.49. The van der Waals surface area contributed by atoms with Crippen molar-refractivity contribution in [2.45, 2.75) is 50.3 Å². The second-order valence-electron chi connectivity index (χ2n) is 9.15. The second kappa shape index (κ2) is 14.9. The van der Waals surface area contributed by atoms with Gasteiger partial charge in [0.05, 0.1) is 33.0 Å². The molecule has 5 atom stereocenters. The van der Waals surface area contributed by atoms with Gasteiger partial charge in [0.1, 0.15) is 35.7 Å². The minimum absolute atomic E-state index is 0.119.